The Kier molecular flexibility index (Phi) is 2.36. The van der Waals surface area contributed by atoms with E-state index in [0.29, 0.717) is 0 Å². The molecule has 0 aromatic carbocycles. The number of carbonyl (C=O) groups is 1. The molecule has 3 aromatic rings. The summed E-state index contributed by atoms with van der Waals surface area (Å²) in [6.07, 6.45) is 10.5. The summed E-state index contributed by atoms with van der Waals surface area (Å²) < 4.78 is 2.11. The van der Waals surface area contributed by atoms with Crippen LogP contribution in [0.4, 0.5) is 0 Å². The molecule has 5 rings (SSSR count). The second-order valence-electron chi connectivity index (χ2n) is 6.84. The first-order valence-electron chi connectivity index (χ1n) is 7.96. The van der Waals surface area contributed by atoms with Gasteiger partial charge in [0.2, 0.25) is 5.91 Å². The van der Waals surface area contributed by atoms with Crippen molar-refractivity contribution in [3.63, 3.8) is 0 Å². The summed E-state index contributed by atoms with van der Waals surface area (Å²) in [6, 6.07) is 2.02. The van der Waals surface area contributed by atoms with Gasteiger partial charge in [-0.1, -0.05) is 0 Å². The standard InChI is InChI=1S/C17H17N5O/c1-17(21-16(23)10-2-3-10)6-11(7-17)22-9-20-13-8-19-15-12(14(13)22)4-5-18-15/h4-6,8-10H,2-3,7H2,1H3,(H,18,19)(H,21,23). The number of nitrogens with zero attached hydrogens (tertiary/aromatic N) is 3. The molecule has 6 nitrogen and oxygen atoms in total. The number of hydrogen-bond donors (Lipinski definition) is 2. The summed E-state index contributed by atoms with van der Waals surface area (Å²) in [4.78, 5) is 24.0. The molecule has 1 saturated carbocycles. The van der Waals surface area contributed by atoms with E-state index in [9.17, 15) is 4.79 Å². The molecular formula is C17H17N5O. The number of rotatable bonds is 3. The zero-order valence-corrected chi connectivity index (χ0v) is 12.8. The van der Waals surface area contributed by atoms with Gasteiger partial charge in [0.25, 0.3) is 0 Å². The lowest BCUT2D eigenvalue weighted by atomic mass is 9.83. The maximum absolute atomic E-state index is 12.0. The summed E-state index contributed by atoms with van der Waals surface area (Å²) in [7, 11) is 0. The molecule has 1 fully saturated rings. The smallest absolute Gasteiger partial charge is 0.223 e. The summed E-state index contributed by atoms with van der Waals surface area (Å²) in [5.74, 6) is 0.430. The van der Waals surface area contributed by atoms with E-state index in [1.807, 2.05) is 18.6 Å². The first-order chi connectivity index (χ1) is 11.1. The van der Waals surface area contributed by atoms with Crippen LogP contribution in [0.5, 0.6) is 0 Å². The minimum Gasteiger partial charge on any atom is -0.347 e. The summed E-state index contributed by atoms with van der Waals surface area (Å²) in [5.41, 5.74) is 3.74. The molecule has 2 aliphatic carbocycles. The number of fused-ring (bicyclic) bond motifs is 3. The molecule has 6 heteroatoms. The third kappa shape index (κ3) is 1.91. The van der Waals surface area contributed by atoms with E-state index in [4.69, 9.17) is 0 Å². The van der Waals surface area contributed by atoms with Crippen LogP contribution >= 0.6 is 0 Å². The van der Waals surface area contributed by atoms with E-state index in [0.717, 1.165) is 41.3 Å². The van der Waals surface area contributed by atoms with Crippen molar-refractivity contribution in [2.75, 3.05) is 0 Å². The fraction of sp³-hybridized carbons (Fsp3) is 0.353. The molecule has 1 atom stereocenters. The summed E-state index contributed by atoms with van der Waals surface area (Å²) in [6.45, 7) is 2.07. The minimum absolute atomic E-state index is 0.190. The van der Waals surface area contributed by atoms with Crippen LogP contribution in [0.3, 0.4) is 0 Å². The van der Waals surface area contributed by atoms with Gasteiger partial charge >= 0.3 is 0 Å². The molecule has 0 bridgehead atoms. The monoisotopic (exact) mass is 307 g/mol. The molecule has 23 heavy (non-hydrogen) atoms. The minimum atomic E-state index is -0.240. The maximum atomic E-state index is 12.0. The highest BCUT2D eigenvalue weighted by Crippen LogP contribution is 2.38. The highest BCUT2D eigenvalue weighted by Gasteiger charge is 2.39. The van der Waals surface area contributed by atoms with Gasteiger partial charge in [0, 0.05) is 29.6 Å². The van der Waals surface area contributed by atoms with E-state index in [-0.39, 0.29) is 17.4 Å². The number of nitrogens with one attached hydrogen (secondary N) is 2. The van der Waals surface area contributed by atoms with Crippen molar-refractivity contribution >= 4 is 33.7 Å². The van der Waals surface area contributed by atoms with Crippen LogP contribution in [0.15, 0.2) is 30.9 Å². The van der Waals surface area contributed by atoms with Gasteiger partial charge in [0.05, 0.1) is 17.3 Å². The molecule has 0 spiro atoms. The van der Waals surface area contributed by atoms with E-state index in [2.05, 4.69) is 37.8 Å². The molecule has 3 aromatic heterocycles. The van der Waals surface area contributed by atoms with Crippen molar-refractivity contribution in [3.05, 3.63) is 30.9 Å². The first-order valence-corrected chi connectivity index (χ1v) is 7.96. The maximum Gasteiger partial charge on any atom is 0.223 e. The molecule has 1 amide bonds. The molecule has 116 valence electrons. The van der Waals surface area contributed by atoms with Crippen LogP contribution in [0.25, 0.3) is 27.8 Å². The zero-order valence-electron chi connectivity index (χ0n) is 12.8. The van der Waals surface area contributed by atoms with Crippen LogP contribution < -0.4 is 5.32 Å². The van der Waals surface area contributed by atoms with Crippen LogP contribution in [0.2, 0.25) is 0 Å². The lowest BCUT2D eigenvalue weighted by Crippen LogP contribution is -2.50. The van der Waals surface area contributed by atoms with Crippen LogP contribution in [0, 0.1) is 5.92 Å². The lowest BCUT2D eigenvalue weighted by molar-refractivity contribution is -0.123. The van der Waals surface area contributed by atoms with E-state index in [1.165, 1.54) is 5.70 Å². The molecular weight excluding hydrogens is 290 g/mol. The summed E-state index contributed by atoms with van der Waals surface area (Å²) >= 11 is 0. The third-order valence-corrected chi connectivity index (χ3v) is 4.79. The normalized spacial score (nSPS) is 23.8. The topological polar surface area (TPSA) is 75.6 Å². The molecule has 0 aliphatic heterocycles. The predicted molar refractivity (Wildman–Crippen MR) is 87.5 cm³/mol. The van der Waals surface area contributed by atoms with Crippen LogP contribution in [0.1, 0.15) is 26.2 Å². The van der Waals surface area contributed by atoms with Gasteiger partial charge in [-0.3, -0.25) is 4.79 Å². The first kappa shape index (κ1) is 12.9. The number of pyridine rings is 1. The molecule has 2 N–H and O–H groups in total. The SMILES string of the molecule is CC1(NC(=O)C2CC2)C=C(n2cnc3cnc4[nH]ccc4c32)C1. The number of H-pyrrole nitrogens is 1. The van der Waals surface area contributed by atoms with Crippen molar-refractivity contribution in [2.45, 2.75) is 31.7 Å². The lowest BCUT2D eigenvalue weighted by Gasteiger charge is -2.37. The Bertz CT molecular complexity index is 977. The fourth-order valence-corrected chi connectivity index (χ4v) is 3.41. The molecule has 0 radical (unpaired) electrons. The van der Waals surface area contributed by atoms with Gasteiger partial charge in [-0.25, -0.2) is 9.97 Å². The average molecular weight is 307 g/mol. The van der Waals surface area contributed by atoms with Crippen LogP contribution in [-0.4, -0.2) is 31.0 Å². The molecule has 2 aliphatic rings. The van der Waals surface area contributed by atoms with E-state index < -0.39 is 0 Å². The van der Waals surface area contributed by atoms with Crippen molar-refractivity contribution in [1.29, 1.82) is 0 Å². The van der Waals surface area contributed by atoms with Crippen molar-refractivity contribution in [3.8, 4) is 0 Å². The van der Waals surface area contributed by atoms with E-state index >= 15 is 0 Å². The molecule has 3 heterocycles. The number of hydrogen-bond acceptors (Lipinski definition) is 3. The summed E-state index contributed by atoms with van der Waals surface area (Å²) in [5, 5.41) is 4.23. The largest absolute Gasteiger partial charge is 0.347 e. The molecule has 1 unspecified atom stereocenters. The van der Waals surface area contributed by atoms with E-state index in [1.54, 1.807) is 6.20 Å². The van der Waals surface area contributed by atoms with Crippen molar-refractivity contribution < 1.29 is 4.79 Å². The number of aromatic amines is 1. The van der Waals surface area contributed by atoms with Crippen molar-refractivity contribution in [1.82, 2.24) is 24.8 Å². The molecule has 0 saturated heterocycles. The quantitative estimate of drug-likeness (QED) is 0.780. The number of amides is 1. The Morgan fingerprint density at radius 2 is 2.26 bits per heavy atom. The van der Waals surface area contributed by atoms with Gasteiger partial charge in [-0.15, -0.1) is 0 Å². The average Bonchev–Trinajstić information content (AvgIpc) is 3.09. The Hall–Kier alpha value is -2.63. The van der Waals surface area contributed by atoms with Crippen LogP contribution in [-0.2, 0) is 4.79 Å². The predicted octanol–water partition coefficient (Wildman–Crippen LogP) is 2.44. The second-order valence-corrected chi connectivity index (χ2v) is 6.84. The Balaban J connectivity index is 1.53. The fourth-order valence-electron chi connectivity index (χ4n) is 3.41. The number of aromatic nitrogens is 4. The zero-order chi connectivity index (χ0) is 15.6. The highest BCUT2D eigenvalue weighted by atomic mass is 16.2. The Morgan fingerprint density at radius 1 is 1.43 bits per heavy atom. The number of carbonyl (C=O) groups excluding carboxylic acids is 1. The Morgan fingerprint density at radius 3 is 3.04 bits per heavy atom. The Labute approximate surface area is 132 Å². The number of imidazole rings is 1. The van der Waals surface area contributed by atoms with Crippen molar-refractivity contribution in [2.24, 2.45) is 5.92 Å². The van der Waals surface area contributed by atoms with Gasteiger partial charge in [-0.05, 0) is 31.9 Å². The van der Waals surface area contributed by atoms with Gasteiger partial charge in [0.15, 0.2) is 0 Å². The van der Waals surface area contributed by atoms with Gasteiger partial charge in [0.1, 0.15) is 17.5 Å². The highest BCUT2D eigenvalue weighted by molar-refractivity contribution is 6.02. The third-order valence-electron chi connectivity index (χ3n) is 4.79. The van der Waals surface area contributed by atoms with Gasteiger partial charge < -0.3 is 14.9 Å². The van der Waals surface area contributed by atoms with Gasteiger partial charge in [-0.2, -0.15) is 0 Å². The second kappa shape index (κ2) is 4.22.